The molecule has 120 valence electrons. The molecule has 1 amide bonds. The van der Waals surface area contributed by atoms with E-state index in [2.05, 4.69) is 5.10 Å². The molecule has 1 aliphatic rings. The van der Waals surface area contributed by atoms with Crippen molar-refractivity contribution in [3.05, 3.63) is 16.4 Å². The Bertz CT molecular complexity index is 517. The number of hydrogen-bond donors (Lipinski definition) is 0. The Morgan fingerprint density at radius 3 is 2.43 bits per heavy atom. The summed E-state index contributed by atoms with van der Waals surface area (Å²) in [6, 6.07) is 0. The van der Waals surface area contributed by atoms with E-state index in [0.717, 1.165) is 4.68 Å². The zero-order valence-electron chi connectivity index (χ0n) is 13.0. The highest BCUT2D eigenvalue weighted by Crippen LogP contribution is 2.29. The molecule has 2 heterocycles. The summed E-state index contributed by atoms with van der Waals surface area (Å²) in [7, 11) is 4.70. The van der Waals surface area contributed by atoms with Gasteiger partial charge in [-0.25, -0.2) is 8.78 Å². The molecular formula is C13H21ClF2N4O. The second-order valence-electron chi connectivity index (χ2n) is 4.99. The maximum Gasteiger partial charge on any atom is 0.279 e. The van der Waals surface area contributed by atoms with Gasteiger partial charge in [-0.05, 0) is 7.05 Å². The number of nitrogens with zero attached hydrogens (tertiary/aromatic N) is 4. The van der Waals surface area contributed by atoms with Crippen molar-refractivity contribution in [1.29, 1.82) is 0 Å². The fraction of sp³-hybridized carbons (Fsp3) is 0.692. The molecule has 0 aromatic carbocycles. The van der Waals surface area contributed by atoms with Crippen LogP contribution in [0.15, 0.2) is 0 Å². The van der Waals surface area contributed by atoms with Crippen LogP contribution in [0.3, 0.4) is 0 Å². The van der Waals surface area contributed by atoms with Crippen LogP contribution in [0.5, 0.6) is 0 Å². The summed E-state index contributed by atoms with van der Waals surface area (Å²) in [6.45, 7) is 3.32. The topological polar surface area (TPSA) is 41.4 Å². The number of alkyl halides is 2. The summed E-state index contributed by atoms with van der Waals surface area (Å²) in [5.74, 6) is -3.29. The maximum absolute atomic E-state index is 13.7. The molecule has 0 bridgehead atoms. The van der Waals surface area contributed by atoms with Crippen LogP contribution < -0.4 is 0 Å². The van der Waals surface area contributed by atoms with Gasteiger partial charge in [0.15, 0.2) is 5.69 Å². The van der Waals surface area contributed by atoms with E-state index >= 15 is 0 Å². The van der Waals surface area contributed by atoms with Crippen molar-refractivity contribution < 1.29 is 13.6 Å². The van der Waals surface area contributed by atoms with E-state index in [9.17, 15) is 13.6 Å². The molecule has 0 spiro atoms. The minimum atomic E-state index is -2.90. The van der Waals surface area contributed by atoms with E-state index in [0.29, 0.717) is 5.69 Å². The number of fused-ring (bicyclic) bond motifs is 1. The molecule has 2 rings (SSSR count). The summed E-state index contributed by atoms with van der Waals surface area (Å²) >= 11 is 6.11. The summed E-state index contributed by atoms with van der Waals surface area (Å²) in [6.07, 6.45) is 0. The van der Waals surface area contributed by atoms with E-state index in [1.54, 1.807) is 21.1 Å². The highest BCUT2D eigenvalue weighted by molar-refractivity contribution is 6.34. The first-order valence-corrected chi connectivity index (χ1v) is 7.12. The van der Waals surface area contributed by atoms with Crippen molar-refractivity contribution in [2.75, 3.05) is 27.7 Å². The summed E-state index contributed by atoms with van der Waals surface area (Å²) in [5.41, 5.74) is 0.472. The van der Waals surface area contributed by atoms with Gasteiger partial charge in [0.25, 0.3) is 11.8 Å². The third-order valence-electron chi connectivity index (χ3n) is 2.90. The van der Waals surface area contributed by atoms with Crippen molar-refractivity contribution in [2.45, 2.75) is 32.9 Å². The Morgan fingerprint density at radius 2 is 1.90 bits per heavy atom. The summed E-state index contributed by atoms with van der Waals surface area (Å²) in [4.78, 5) is 14.7. The van der Waals surface area contributed by atoms with E-state index < -0.39 is 18.4 Å². The van der Waals surface area contributed by atoms with Crippen molar-refractivity contribution in [2.24, 2.45) is 0 Å². The molecule has 0 aliphatic carbocycles. The lowest BCUT2D eigenvalue weighted by Gasteiger charge is -2.18. The lowest BCUT2D eigenvalue weighted by Crippen LogP contribution is -2.34. The van der Waals surface area contributed by atoms with Gasteiger partial charge < -0.3 is 4.90 Å². The third kappa shape index (κ3) is 3.91. The lowest BCUT2D eigenvalue weighted by molar-refractivity contribution is -0.0370. The predicted molar refractivity (Wildman–Crippen MR) is 77.9 cm³/mol. The molecule has 0 saturated heterocycles. The number of rotatable bonds is 1. The van der Waals surface area contributed by atoms with E-state index in [-0.39, 0.29) is 23.8 Å². The Kier molecular flexibility index (Phi) is 5.69. The van der Waals surface area contributed by atoms with Crippen LogP contribution in [0.25, 0.3) is 0 Å². The van der Waals surface area contributed by atoms with Gasteiger partial charge in [0.05, 0.1) is 17.3 Å². The minimum absolute atomic E-state index is 0.0211. The predicted octanol–water partition coefficient (Wildman–Crippen LogP) is 2.35. The molecule has 1 aromatic rings. The van der Waals surface area contributed by atoms with Gasteiger partial charge in [-0.15, -0.1) is 0 Å². The SMILES string of the molecule is CC.CN1Cc2c(Cl)c(C(=O)N(C)C)nn2CC(F)(F)C1. The van der Waals surface area contributed by atoms with Crippen molar-refractivity contribution in [3.8, 4) is 0 Å². The molecule has 1 aliphatic heterocycles. The Morgan fingerprint density at radius 1 is 1.33 bits per heavy atom. The molecular weight excluding hydrogens is 302 g/mol. The fourth-order valence-corrected chi connectivity index (χ4v) is 2.36. The Hall–Kier alpha value is -1.21. The van der Waals surface area contributed by atoms with Gasteiger partial charge >= 0.3 is 0 Å². The molecule has 1 aromatic heterocycles. The van der Waals surface area contributed by atoms with E-state index in [1.807, 2.05) is 13.8 Å². The van der Waals surface area contributed by atoms with Gasteiger partial charge in [-0.2, -0.15) is 5.10 Å². The standard InChI is InChI=1S/C11H15ClF2N4O.C2H6/c1-16(2)10(19)9-8(12)7-4-17(3)5-11(13,14)6-18(7)15-9;1-2/h4-6H2,1-3H3;1-2H3. The van der Waals surface area contributed by atoms with Crippen LogP contribution in [0.1, 0.15) is 30.0 Å². The van der Waals surface area contributed by atoms with Crippen LogP contribution >= 0.6 is 11.6 Å². The van der Waals surface area contributed by atoms with Crippen molar-refractivity contribution in [1.82, 2.24) is 19.6 Å². The lowest BCUT2D eigenvalue weighted by atomic mass is 10.3. The number of halogens is 3. The second-order valence-corrected chi connectivity index (χ2v) is 5.37. The molecule has 0 fully saturated rings. The van der Waals surface area contributed by atoms with E-state index in [4.69, 9.17) is 11.6 Å². The summed E-state index contributed by atoms with van der Waals surface area (Å²) in [5, 5.41) is 4.10. The maximum atomic E-state index is 13.7. The van der Waals surface area contributed by atoms with Gasteiger partial charge in [0, 0.05) is 20.6 Å². The monoisotopic (exact) mass is 322 g/mol. The molecule has 8 heteroatoms. The summed E-state index contributed by atoms with van der Waals surface area (Å²) < 4.78 is 28.4. The first-order chi connectivity index (χ1) is 9.71. The number of amides is 1. The number of hydrogen-bond acceptors (Lipinski definition) is 3. The van der Waals surface area contributed by atoms with Crippen LogP contribution in [-0.2, 0) is 13.1 Å². The molecule has 0 N–H and O–H groups in total. The van der Waals surface area contributed by atoms with Crippen LogP contribution in [-0.4, -0.2) is 59.1 Å². The van der Waals surface area contributed by atoms with Crippen LogP contribution in [0, 0.1) is 0 Å². The fourth-order valence-electron chi connectivity index (χ4n) is 2.08. The first kappa shape index (κ1) is 17.8. The number of carbonyl (C=O) groups is 1. The second kappa shape index (κ2) is 6.70. The smallest absolute Gasteiger partial charge is 0.279 e. The van der Waals surface area contributed by atoms with Gasteiger partial charge in [-0.3, -0.25) is 14.4 Å². The first-order valence-electron chi connectivity index (χ1n) is 6.74. The molecule has 0 saturated carbocycles. The normalized spacial score (nSPS) is 17.3. The highest BCUT2D eigenvalue weighted by atomic mass is 35.5. The third-order valence-corrected chi connectivity index (χ3v) is 3.30. The van der Waals surface area contributed by atoms with Crippen LogP contribution in [0.2, 0.25) is 5.02 Å². The largest absolute Gasteiger partial charge is 0.343 e. The average Bonchev–Trinajstić information content (AvgIpc) is 2.61. The van der Waals surface area contributed by atoms with Gasteiger partial charge in [0.2, 0.25) is 0 Å². The van der Waals surface area contributed by atoms with Crippen molar-refractivity contribution >= 4 is 17.5 Å². The zero-order valence-corrected chi connectivity index (χ0v) is 13.7. The molecule has 5 nitrogen and oxygen atoms in total. The van der Waals surface area contributed by atoms with Crippen molar-refractivity contribution in [3.63, 3.8) is 0 Å². The van der Waals surface area contributed by atoms with E-state index in [1.165, 1.54) is 9.80 Å². The molecule has 0 radical (unpaired) electrons. The average molecular weight is 323 g/mol. The van der Waals surface area contributed by atoms with Crippen LogP contribution in [0.4, 0.5) is 8.78 Å². The zero-order chi connectivity index (χ0) is 16.4. The Balaban J connectivity index is 0.00000106. The quantitative estimate of drug-likeness (QED) is 0.797. The molecule has 0 atom stereocenters. The number of aromatic nitrogens is 2. The van der Waals surface area contributed by atoms with Gasteiger partial charge in [0.1, 0.15) is 6.54 Å². The van der Waals surface area contributed by atoms with Gasteiger partial charge in [-0.1, -0.05) is 25.4 Å². The Labute approximate surface area is 128 Å². The molecule has 21 heavy (non-hydrogen) atoms. The minimum Gasteiger partial charge on any atom is -0.343 e. The highest BCUT2D eigenvalue weighted by Gasteiger charge is 2.37. The number of carbonyl (C=O) groups excluding carboxylic acids is 1. The molecule has 0 unspecified atom stereocenters.